The molecular weight excluding hydrogens is 534 g/mol. The Bertz CT molecular complexity index is 1500. The van der Waals surface area contributed by atoms with Crippen molar-refractivity contribution in [2.24, 2.45) is 16.0 Å². The number of nitrogens with one attached hydrogen (secondary N) is 2. The van der Waals surface area contributed by atoms with Gasteiger partial charge in [0.2, 0.25) is 5.95 Å². The summed E-state index contributed by atoms with van der Waals surface area (Å²) in [7, 11) is -2.90. The Morgan fingerprint density at radius 3 is 2.65 bits per heavy atom. The van der Waals surface area contributed by atoms with Crippen LogP contribution in [0.3, 0.4) is 0 Å². The third kappa shape index (κ3) is 7.82. The van der Waals surface area contributed by atoms with Crippen LogP contribution in [0.1, 0.15) is 50.7 Å². The molecule has 0 aliphatic carbocycles. The molecule has 1 amide bonds. The van der Waals surface area contributed by atoms with E-state index in [2.05, 4.69) is 25.0 Å². The van der Waals surface area contributed by atoms with Gasteiger partial charge in [-0.05, 0) is 66.6 Å². The Balaban J connectivity index is 1.70. The van der Waals surface area contributed by atoms with Gasteiger partial charge < -0.3 is 16.4 Å². The van der Waals surface area contributed by atoms with Crippen molar-refractivity contribution < 1.29 is 17.8 Å². The third-order valence-corrected chi connectivity index (χ3v) is 8.16. The minimum atomic E-state index is -2.90. The number of fused-ring (bicyclic) bond motifs is 7. The first-order chi connectivity index (χ1) is 19.0. The number of carbonyl (C=O) groups is 1. The first-order valence-corrected chi connectivity index (χ1v) is 15.6. The van der Waals surface area contributed by atoms with E-state index in [1.54, 1.807) is 12.1 Å². The van der Waals surface area contributed by atoms with E-state index in [-0.39, 0.29) is 23.3 Å². The zero-order valence-electron chi connectivity index (χ0n) is 23.0. The molecule has 2 atom stereocenters. The lowest BCUT2D eigenvalue weighted by Gasteiger charge is -2.14. The summed E-state index contributed by atoms with van der Waals surface area (Å²) in [5, 5.41) is 6.25. The number of hydrogen-bond acceptors (Lipinski definition) is 7. The highest BCUT2D eigenvalue weighted by atomic mass is 32.2. The second-order valence-electron chi connectivity index (χ2n) is 10.6. The number of hydrogen-bond donors (Lipinski definition) is 3. The summed E-state index contributed by atoms with van der Waals surface area (Å²) >= 11 is 0. The summed E-state index contributed by atoms with van der Waals surface area (Å²) in [5.41, 5.74) is 9.05. The van der Waals surface area contributed by atoms with Crippen LogP contribution in [0.25, 0.3) is 11.3 Å². The lowest BCUT2D eigenvalue weighted by Crippen LogP contribution is -2.34. The molecule has 0 spiro atoms. The predicted octanol–water partition coefficient (Wildman–Crippen LogP) is 5.80. The summed E-state index contributed by atoms with van der Waals surface area (Å²) in [6.45, 7) is 4.22. The van der Waals surface area contributed by atoms with E-state index < -0.39 is 33.3 Å². The highest BCUT2D eigenvalue weighted by molar-refractivity contribution is 7.92. The minimum absolute atomic E-state index is 0.0385. The number of nitrogens with two attached hydrogens (primary N) is 1. The molecular formula is C29H36F2N6O2S. The quantitative estimate of drug-likeness (QED) is 0.362. The number of halogens is 2. The number of rotatable bonds is 4. The van der Waals surface area contributed by atoms with Gasteiger partial charge in [0.1, 0.15) is 11.5 Å². The van der Waals surface area contributed by atoms with Gasteiger partial charge in [0.15, 0.2) is 5.82 Å². The molecule has 2 heterocycles. The highest BCUT2D eigenvalue weighted by Gasteiger charge is 2.19. The Morgan fingerprint density at radius 2 is 1.88 bits per heavy atom. The molecule has 0 saturated carbocycles. The first kappa shape index (κ1) is 29.5. The van der Waals surface area contributed by atoms with Gasteiger partial charge in [-0.3, -0.25) is 4.79 Å². The van der Waals surface area contributed by atoms with E-state index >= 15 is 0 Å². The van der Waals surface area contributed by atoms with Gasteiger partial charge >= 0.3 is 0 Å². The SMILES string of the molecule is CC(C)[C@H](N)C(=O)N=[S@@](C)(=O)Cc1cc2cc(c1)Nc1ncc(F)c(n1)-c1ccc(F)c(c1)NCCCCCC2. The van der Waals surface area contributed by atoms with Crippen LogP contribution in [-0.2, 0) is 26.7 Å². The molecule has 0 saturated heterocycles. The van der Waals surface area contributed by atoms with Gasteiger partial charge in [-0.1, -0.05) is 32.8 Å². The van der Waals surface area contributed by atoms with E-state index in [0.717, 1.165) is 49.4 Å². The van der Waals surface area contributed by atoms with Gasteiger partial charge in [0.25, 0.3) is 5.91 Å². The molecule has 6 bridgehead atoms. The van der Waals surface area contributed by atoms with Crippen LogP contribution in [0.4, 0.5) is 26.1 Å². The Labute approximate surface area is 234 Å². The lowest BCUT2D eigenvalue weighted by atomic mass is 10.0. The van der Waals surface area contributed by atoms with Crippen LogP contribution in [0, 0.1) is 17.6 Å². The van der Waals surface area contributed by atoms with Gasteiger partial charge in [-0.15, -0.1) is 0 Å². The summed E-state index contributed by atoms with van der Waals surface area (Å²) in [6, 6.07) is 9.25. The van der Waals surface area contributed by atoms with Crippen LogP contribution in [0.15, 0.2) is 47.0 Å². The van der Waals surface area contributed by atoms with Crippen molar-refractivity contribution in [2.75, 3.05) is 23.4 Å². The van der Waals surface area contributed by atoms with Crippen molar-refractivity contribution in [2.45, 2.75) is 57.7 Å². The average Bonchev–Trinajstić information content (AvgIpc) is 2.88. The molecule has 4 rings (SSSR count). The van der Waals surface area contributed by atoms with Crippen LogP contribution >= 0.6 is 0 Å². The number of benzene rings is 2. The monoisotopic (exact) mass is 570 g/mol. The molecule has 40 heavy (non-hydrogen) atoms. The summed E-state index contributed by atoms with van der Waals surface area (Å²) in [4.78, 5) is 20.9. The van der Waals surface area contributed by atoms with Crippen molar-refractivity contribution >= 4 is 33.0 Å². The fourth-order valence-electron chi connectivity index (χ4n) is 4.54. The number of aromatic nitrogens is 2. The number of aryl methyl sites for hydroxylation is 1. The van der Waals surface area contributed by atoms with E-state index in [1.165, 1.54) is 18.4 Å². The Morgan fingerprint density at radius 1 is 1.10 bits per heavy atom. The maximum absolute atomic E-state index is 14.8. The fraction of sp³-hybridized carbons (Fsp3) is 0.414. The number of nitrogens with zero attached hydrogens (tertiary/aromatic N) is 3. The van der Waals surface area contributed by atoms with Crippen molar-refractivity contribution in [3.63, 3.8) is 0 Å². The highest BCUT2D eigenvalue weighted by Crippen LogP contribution is 2.28. The molecule has 3 aromatic rings. The third-order valence-electron chi connectivity index (χ3n) is 6.72. The average molecular weight is 571 g/mol. The zero-order chi connectivity index (χ0) is 28.9. The largest absolute Gasteiger partial charge is 0.383 e. The maximum atomic E-state index is 14.8. The first-order valence-electron chi connectivity index (χ1n) is 13.5. The van der Waals surface area contributed by atoms with Crippen molar-refractivity contribution in [1.29, 1.82) is 0 Å². The van der Waals surface area contributed by atoms with Crippen LogP contribution in [-0.4, -0.2) is 38.9 Å². The van der Waals surface area contributed by atoms with Gasteiger partial charge in [0, 0.05) is 24.1 Å². The lowest BCUT2D eigenvalue weighted by molar-refractivity contribution is -0.119. The van der Waals surface area contributed by atoms with E-state index in [0.29, 0.717) is 23.5 Å². The molecule has 11 heteroatoms. The molecule has 4 N–H and O–H groups in total. The summed E-state index contributed by atoms with van der Waals surface area (Å²) in [5.74, 6) is -1.51. The van der Waals surface area contributed by atoms with E-state index in [9.17, 15) is 17.8 Å². The Hall–Kier alpha value is -3.44. The second kappa shape index (κ2) is 12.8. The molecule has 1 aliphatic heterocycles. The summed E-state index contributed by atoms with van der Waals surface area (Å²) in [6.07, 6.45) is 7.03. The van der Waals surface area contributed by atoms with E-state index in [1.807, 2.05) is 26.0 Å². The molecule has 214 valence electrons. The van der Waals surface area contributed by atoms with Crippen LogP contribution in [0.2, 0.25) is 0 Å². The fourth-order valence-corrected chi connectivity index (χ4v) is 5.89. The number of carbonyl (C=O) groups excluding carboxylic acids is 1. The normalized spacial score (nSPS) is 16.2. The molecule has 0 fully saturated rings. The van der Waals surface area contributed by atoms with Crippen molar-refractivity contribution in [3.8, 4) is 11.3 Å². The standard InChI is InChI=1S/C29H36F2N6O2S/c1-18(2)26(32)28(38)37-40(3,39)17-20-12-19-8-6-4-5-7-11-33-25-15-21(9-10-23(25)30)27-24(31)16-34-29(36-27)35-22(13-19)14-20/h9-10,12-16,18,26,33H,4-8,11,17,32H2,1-3H3,(H,34,35,36)/t26-,40-/m0/s1. The van der Waals surface area contributed by atoms with Crippen molar-refractivity contribution in [1.82, 2.24) is 9.97 Å². The number of anilines is 3. The summed E-state index contributed by atoms with van der Waals surface area (Å²) < 4.78 is 46.5. The second-order valence-corrected chi connectivity index (χ2v) is 13.0. The zero-order valence-corrected chi connectivity index (χ0v) is 23.9. The number of amides is 1. The molecule has 1 aliphatic rings. The van der Waals surface area contributed by atoms with Crippen molar-refractivity contribution in [3.05, 3.63) is 65.4 Å². The molecule has 1 aromatic heterocycles. The van der Waals surface area contributed by atoms with Gasteiger partial charge in [-0.25, -0.2) is 23.0 Å². The predicted molar refractivity (Wildman–Crippen MR) is 156 cm³/mol. The van der Waals surface area contributed by atoms with E-state index in [4.69, 9.17) is 5.73 Å². The molecule has 0 unspecified atom stereocenters. The minimum Gasteiger partial charge on any atom is -0.383 e. The molecule has 8 nitrogen and oxygen atoms in total. The molecule has 2 aromatic carbocycles. The van der Waals surface area contributed by atoms with Crippen LogP contribution < -0.4 is 16.4 Å². The smallest absolute Gasteiger partial charge is 0.270 e. The van der Waals surface area contributed by atoms with Crippen LogP contribution in [0.5, 0.6) is 0 Å². The van der Waals surface area contributed by atoms with Gasteiger partial charge in [-0.2, -0.15) is 4.36 Å². The van der Waals surface area contributed by atoms with Gasteiger partial charge in [0.05, 0.1) is 33.4 Å². The molecule has 0 radical (unpaired) electrons. The Kier molecular flexibility index (Phi) is 9.47. The maximum Gasteiger partial charge on any atom is 0.270 e. The topological polar surface area (TPSA) is 122 Å².